The van der Waals surface area contributed by atoms with Gasteiger partial charge in [-0.05, 0) is 69.6 Å². The Kier molecular flexibility index (Phi) is 8.69. The van der Waals surface area contributed by atoms with Gasteiger partial charge in [-0.3, -0.25) is 0 Å². The van der Waals surface area contributed by atoms with E-state index in [1.165, 1.54) is 0 Å². The van der Waals surface area contributed by atoms with E-state index in [0.717, 1.165) is 71.7 Å². The number of furan rings is 1. The summed E-state index contributed by atoms with van der Waals surface area (Å²) >= 11 is 0. The van der Waals surface area contributed by atoms with Crippen LogP contribution in [0.25, 0.3) is 110 Å². The van der Waals surface area contributed by atoms with Crippen molar-refractivity contribution >= 4 is 159 Å². The van der Waals surface area contributed by atoms with E-state index in [-0.39, 0.29) is 27.3 Å². The molecule has 280 valence electrons. The van der Waals surface area contributed by atoms with E-state index in [4.69, 9.17) is 59.3 Å². The molecule has 0 aliphatic carbocycles. The summed E-state index contributed by atoms with van der Waals surface area (Å²) in [6.07, 6.45) is 0. The van der Waals surface area contributed by atoms with E-state index >= 15 is 0 Å². The molecule has 3 heterocycles. The van der Waals surface area contributed by atoms with Crippen molar-refractivity contribution in [1.29, 1.82) is 0 Å². The van der Waals surface area contributed by atoms with Crippen LogP contribution in [-0.4, -0.2) is 64.1 Å². The maximum Gasteiger partial charge on any atom is 0.159 e. The third-order valence-corrected chi connectivity index (χ3v) is 12.9. The monoisotopic (exact) mass is 796 g/mol. The first kappa shape index (κ1) is 38.5. The van der Waals surface area contributed by atoms with Gasteiger partial charge in [-0.15, -0.1) is 10.9 Å². The third-order valence-electron chi connectivity index (χ3n) is 12.9. The molecule has 3 aromatic heterocycles. The molecule has 12 rings (SSSR count). The van der Waals surface area contributed by atoms with Crippen molar-refractivity contribution < 1.29 is 4.42 Å². The Bertz CT molecular complexity index is 3930. The molecular formula is C54H27B7N2O. The molecule has 0 fully saturated rings. The first-order chi connectivity index (χ1) is 31.2. The smallest absolute Gasteiger partial charge is 0.159 e. The average Bonchev–Trinajstić information content (AvgIpc) is 4.01. The molecule has 0 bridgehead atoms. The second-order valence-electron chi connectivity index (χ2n) is 16.4. The lowest BCUT2D eigenvalue weighted by molar-refractivity contribution is 0.666. The molecule has 0 amide bonds. The van der Waals surface area contributed by atoms with Crippen LogP contribution < -0.4 is 38.2 Å². The molecule has 9 aromatic carbocycles. The molecule has 12 aromatic rings. The van der Waals surface area contributed by atoms with Gasteiger partial charge < -0.3 is 13.6 Å². The zero-order valence-electron chi connectivity index (χ0n) is 34.4. The predicted octanol–water partition coefficient (Wildman–Crippen LogP) is 6.34. The highest BCUT2D eigenvalue weighted by atomic mass is 16.3. The minimum Gasteiger partial charge on any atom is -0.454 e. The van der Waals surface area contributed by atoms with E-state index in [0.29, 0.717) is 49.6 Å². The largest absolute Gasteiger partial charge is 0.454 e. The molecule has 0 aliphatic heterocycles. The Morgan fingerprint density at radius 2 is 0.969 bits per heavy atom. The summed E-state index contributed by atoms with van der Waals surface area (Å²) in [7, 11) is 49.0. The zero-order chi connectivity index (χ0) is 43.5. The van der Waals surface area contributed by atoms with Crippen LogP contribution in [-0.2, 0) is 0 Å². The number of para-hydroxylation sites is 3. The first-order valence-electron chi connectivity index (χ1n) is 21.0. The predicted molar refractivity (Wildman–Crippen MR) is 276 cm³/mol. The van der Waals surface area contributed by atoms with Crippen LogP contribution in [0.1, 0.15) is 0 Å². The van der Waals surface area contributed by atoms with Crippen molar-refractivity contribution in [3.8, 4) is 44.8 Å². The lowest BCUT2D eigenvalue weighted by atomic mass is 9.64. The molecule has 14 radical (unpaired) electrons. The van der Waals surface area contributed by atoms with Crippen molar-refractivity contribution in [2.75, 3.05) is 0 Å². The fourth-order valence-electron chi connectivity index (χ4n) is 9.95. The van der Waals surface area contributed by atoms with Crippen molar-refractivity contribution in [2.24, 2.45) is 0 Å². The molecule has 0 aliphatic rings. The van der Waals surface area contributed by atoms with Gasteiger partial charge in [-0.2, -0.15) is 0 Å². The molecule has 0 spiro atoms. The van der Waals surface area contributed by atoms with Crippen LogP contribution in [0.3, 0.4) is 0 Å². The Morgan fingerprint density at radius 1 is 0.359 bits per heavy atom. The molecule has 0 saturated carbocycles. The van der Waals surface area contributed by atoms with Crippen LogP contribution in [0, 0.1) is 0 Å². The lowest BCUT2D eigenvalue weighted by Gasteiger charge is -2.19. The normalized spacial score (nSPS) is 11.9. The second kappa shape index (κ2) is 14.4. The summed E-state index contributed by atoms with van der Waals surface area (Å²) in [5.41, 5.74) is 13.6. The van der Waals surface area contributed by atoms with Crippen molar-refractivity contribution in [3.63, 3.8) is 0 Å². The van der Waals surface area contributed by atoms with Gasteiger partial charge in [0.1, 0.15) is 60.5 Å². The molecular weight excluding hydrogens is 768 g/mol. The first-order valence-corrected chi connectivity index (χ1v) is 21.0. The Morgan fingerprint density at radius 3 is 1.75 bits per heavy atom. The van der Waals surface area contributed by atoms with E-state index in [2.05, 4.69) is 108 Å². The summed E-state index contributed by atoms with van der Waals surface area (Å²) in [6, 6.07) is 56.1. The minimum atomic E-state index is 0.155. The summed E-state index contributed by atoms with van der Waals surface area (Å²) in [4.78, 5) is 0. The minimum absolute atomic E-state index is 0.155. The van der Waals surface area contributed by atoms with E-state index in [1.807, 2.05) is 65.2 Å². The van der Waals surface area contributed by atoms with Crippen LogP contribution in [0.2, 0.25) is 0 Å². The lowest BCUT2D eigenvalue weighted by Crippen LogP contribution is -2.48. The number of fused-ring (bicyclic) bond motifs is 9. The van der Waals surface area contributed by atoms with Crippen LogP contribution in [0.5, 0.6) is 0 Å². The average molecular weight is 796 g/mol. The highest BCUT2D eigenvalue weighted by Crippen LogP contribution is 2.41. The number of rotatable bonds is 5. The SMILES string of the molecule is [B]c1c([B])c([B])c2c(c1[B])c1c([B])c(-c3ccc4c(c3)c3cccc(-c5ccccc5)c3n4-c3cccc(-c4ccccc4)c3)c([B])c([B])c1n2-c1cccc2c1oc1ccccc12. The van der Waals surface area contributed by atoms with Gasteiger partial charge in [0.25, 0.3) is 0 Å². The molecule has 0 N–H and O–H groups in total. The number of hydrogen-bond donors (Lipinski definition) is 0. The van der Waals surface area contributed by atoms with Gasteiger partial charge >= 0.3 is 0 Å². The summed E-state index contributed by atoms with van der Waals surface area (Å²) in [6.45, 7) is 0. The zero-order valence-corrected chi connectivity index (χ0v) is 34.4. The van der Waals surface area contributed by atoms with Gasteiger partial charge in [-0.25, -0.2) is 0 Å². The van der Waals surface area contributed by atoms with Gasteiger partial charge in [0.2, 0.25) is 0 Å². The summed E-state index contributed by atoms with van der Waals surface area (Å²) in [5, 5.41) is 5.00. The van der Waals surface area contributed by atoms with Gasteiger partial charge in [-0.1, -0.05) is 155 Å². The Balaban J connectivity index is 1.16. The fraction of sp³-hybridized carbons (Fsp3) is 0. The fourth-order valence-corrected chi connectivity index (χ4v) is 9.95. The molecule has 64 heavy (non-hydrogen) atoms. The second-order valence-corrected chi connectivity index (χ2v) is 16.4. The maximum absolute atomic E-state index is 7.44. The quantitative estimate of drug-likeness (QED) is 0.187. The van der Waals surface area contributed by atoms with Crippen LogP contribution in [0.4, 0.5) is 0 Å². The van der Waals surface area contributed by atoms with Crippen LogP contribution >= 0.6 is 0 Å². The standard InChI is InChI=1S/C54H27B7N2O/c55-44-41(45(56)49(60)52-42(44)43-46(57)47(58)48(59)50(61)53(43)63(52)39-22-11-21-36-34-18-7-8-23-40(34)64-54(36)39)31-24-25-38-37(27-31)35-20-10-19-33(29-14-5-2-6-15-29)51(35)62(38)32-17-9-16-30(26-32)28-12-3-1-4-13-28/h1-27H. The molecule has 0 unspecified atom stereocenters. The van der Waals surface area contributed by atoms with Gasteiger partial charge in [0.15, 0.2) is 5.58 Å². The third kappa shape index (κ3) is 5.45. The molecule has 0 atom stereocenters. The number of nitrogens with zero attached hydrogens (tertiary/aromatic N) is 2. The Hall–Kier alpha value is -7.17. The van der Waals surface area contributed by atoms with E-state index < -0.39 is 0 Å². The van der Waals surface area contributed by atoms with Crippen molar-refractivity contribution in [3.05, 3.63) is 164 Å². The maximum atomic E-state index is 7.44. The summed E-state index contributed by atoms with van der Waals surface area (Å²) < 4.78 is 10.8. The van der Waals surface area contributed by atoms with Gasteiger partial charge in [0, 0.05) is 49.2 Å². The molecule has 10 heteroatoms. The topological polar surface area (TPSA) is 23.0 Å². The summed E-state index contributed by atoms with van der Waals surface area (Å²) in [5.74, 6) is 0. The highest BCUT2D eigenvalue weighted by Gasteiger charge is 2.26. The van der Waals surface area contributed by atoms with Gasteiger partial charge in [0.05, 0.1) is 16.7 Å². The van der Waals surface area contributed by atoms with Crippen molar-refractivity contribution in [1.82, 2.24) is 9.13 Å². The number of benzene rings is 9. The Labute approximate surface area is 379 Å². The molecule has 0 saturated heterocycles. The van der Waals surface area contributed by atoms with E-state index in [9.17, 15) is 0 Å². The van der Waals surface area contributed by atoms with Crippen molar-refractivity contribution in [2.45, 2.75) is 0 Å². The van der Waals surface area contributed by atoms with E-state index in [1.54, 1.807) is 0 Å². The molecule has 3 nitrogen and oxygen atoms in total. The highest BCUT2D eigenvalue weighted by molar-refractivity contribution is 6.69. The van der Waals surface area contributed by atoms with Crippen LogP contribution in [0.15, 0.2) is 168 Å². The number of aromatic nitrogens is 2. The number of hydrogen-bond acceptors (Lipinski definition) is 1.